The van der Waals surface area contributed by atoms with E-state index in [0.717, 1.165) is 0 Å². The number of halogens is 4. The van der Waals surface area contributed by atoms with Gasteiger partial charge in [-0.05, 0) is 27.2 Å². The number of carbonyl (C=O) groups is 1. The van der Waals surface area contributed by atoms with Gasteiger partial charge in [0.2, 0.25) is 0 Å². The number of hydrogen-bond acceptors (Lipinski definition) is 4. The van der Waals surface area contributed by atoms with E-state index in [0.29, 0.717) is 0 Å². The second-order valence-corrected chi connectivity index (χ2v) is 8.33. The normalized spacial score (nSPS) is 30.2. The predicted octanol–water partition coefficient (Wildman–Crippen LogP) is 2.65. The number of amides is 1. The van der Waals surface area contributed by atoms with Crippen molar-refractivity contribution in [3.8, 4) is 0 Å². The number of hydrogen-bond donors (Lipinski definition) is 1. The van der Waals surface area contributed by atoms with Gasteiger partial charge in [-0.3, -0.25) is 4.18 Å². The summed E-state index contributed by atoms with van der Waals surface area (Å²) < 4.78 is 76.4. The molecule has 1 saturated heterocycles. The van der Waals surface area contributed by atoms with E-state index < -0.39 is 50.6 Å². The highest BCUT2D eigenvalue weighted by Crippen LogP contribution is 2.38. The number of piperidine rings is 1. The van der Waals surface area contributed by atoms with Gasteiger partial charge in [0.15, 0.2) is 5.67 Å². The van der Waals surface area contributed by atoms with Crippen LogP contribution in [0, 0.1) is 0 Å². The topological polar surface area (TPSA) is 80.7 Å². The molecule has 0 aromatic heterocycles. The maximum absolute atomic E-state index is 14.8. The Hall–Kier alpha value is -0.940. The number of alkyl halides is 4. The third-order valence-corrected chi connectivity index (χ3v) is 5.12. The lowest BCUT2D eigenvalue weighted by Gasteiger charge is -2.49. The molecule has 0 spiro atoms. The van der Waals surface area contributed by atoms with Crippen LogP contribution >= 0.6 is 0 Å². The van der Waals surface area contributed by atoms with Gasteiger partial charge in [0.25, 0.3) is 0 Å². The molecule has 0 aromatic rings. The van der Waals surface area contributed by atoms with Crippen LogP contribution in [0.25, 0.3) is 0 Å². The van der Waals surface area contributed by atoms with E-state index in [2.05, 4.69) is 4.18 Å². The lowest BCUT2D eigenvalue weighted by Crippen LogP contribution is -2.70. The summed E-state index contributed by atoms with van der Waals surface area (Å²) in [6.07, 6.45) is -1.52. The largest absolute Gasteiger partial charge is 0.523 e. The molecule has 2 atom stereocenters. The standard InChI is InChI=1S/C12H19F4NO5S/c1-10(2,3)17(9(18)19)6-4-5-11(13,7-17)8-22-23(20,21)12(14,15)16/h4-8H2,1-3H3/p+1/t11-,17?/m0/s1. The van der Waals surface area contributed by atoms with Gasteiger partial charge in [-0.2, -0.15) is 26.4 Å². The monoisotopic (exact) mass is 366 g/mol. The van der Waals surface area contributed by atoms with Crippen LogP contribution in [0.3, 0.4) is 0 Å². The molecule has 1 unspecified atom stereocenters. The van der Waals surface area contributed by atoms with Crippen LogP contribution in [-0.4, -0.2) is 60.5 Å². The van der Waals surface area contributed by atoms with E-state index in [1.807, 2.05) is 0 Å². The van der Waals surface area contributed by atoms with Crippen LogP contribution in [0.1, 0.15) is 33.6 Å². The third kappa shape index (κ3) is 3.94. The molecule has 11 heteroatoms. The van der Waals surface area contributed by atoms with Gasteiger partial charge in [0, 0.05) is 6.42 Å². The Kier molecular flexibility index (Phi) is 5.11. The van der Waals surface area contributed by atoms with Crippen molar-refractivity contribution in [1.29, 1.82) is 0 Å². The zero-order valence-corrected chi connectivity index (χ0v) is 13.8. The number of likely N-dealkylation sites (tertiary alicyclic amines) is 1. The number of carboxylic acid groups (broad SMARTS) is 1. The zero-order chi connectivity index (χ0) is 18.3. The Morgan fingerprint density at radius 2 is 1.83 bits per heavy atom. The Morgan fingerprint density at radius 3 is 2.22 bits per heavy atom. The van der Waals surface area contributed by atoms with Crippen molar-refractivity contribution >= 4 is 16.2 Å². The molecule has 1 aliphatic rings. The van der Waals surface area contributed by atoms with Crippen LogP contribution in [0.5, 0.6) is 0 Å². The van der Waals surface area contributed by atoms with Gasteiger partial charge in [0.05, 0.1) is 6.54 Å². The van der Waals surface area contributed by atoms with Crippen molar-refractivity contribution in [3.05, 3.63) is 0 Å². The Balaban J connectivity index is 3.02. The van der Waals surface area contributed by atoms with Crippen molar-refractivity contribution in [1.82, 2.24) is 0 Å². The Morgan fingerprint density at radius 1 is 1.30 bits per heavy atom. The molecule has 0 aliphatic carbocycles. The summed E-state index contributed by atoms with van der Waals surface area (Å²) >= 11 is 0. The summed E-state index contributed by atoms with van der Waals surface area (Å²) in [5, 5.41) is 9.48. The van der Waals surface area contributed by atoms with E-state index in [1.165, 1.54) is 0 Å². The Bertz CT molecular complexity index is 571. The van der Waals surface area contributed by atoms with Gasteiger partial charge in [-0.1, -0.05) is 0 Å². The van der Waals surface area contributed by atoms with Gasteiger partial charge < -0.3 is 5.11 Å². The first-order valence-electron chi connectivity index (χ1n) is 6.82. The second kappa shape index (κ2) is 5.85. The third-order valence-electron chi connectivity index (χ3n) is 4.12. The maximum atomic E-state index is 14.8. The number of nitrogens with zero attached hydrogens (tertiary/aromatic N) is 1. The molecule has 6 nitrogen and oxygen atoms in total. The first-order valence-corrected chi connectivity index (χ1v) is 8.23. The summed E-state index contributed by atoms with van der Waals surface area (Å²) in [6.45, 7) is 2.77. The highest BCUT2D eigenvalue weighted by Gasteiger charge is 2.57. The van der Waals surface area contributed by atoms with Gasteiger partial charge in [-0.15, -0.1) is 0 Å². The summed E-state index contributed by atoms with van der Waals surface area (Å²) in [6, 6.07) is 0. The van der Waals surface area contributed by atoms with Gasteiger partial charge >= 0.3 is 21.7 Å². The van der Waals surface area contributed by atoms with Crippen molar-refractivity contribution in [2.75, 3.05) is 19.7 Å². The minimum absolute atomic E-state index is 0.0789. The van der Waals surface area contributed by atoms with E-state index in [9.17, 15) is 35.9 Å². The lowest BCUT2D eigenvalue weighted by atomic mass is 9.88. The van der Waals surface area contributed by atoms with Crippen LogP contribution in [0.4, 0.5) is 22.4 Å². The summed E-state index contributed by atoms with van der Waals surface area (Å²) in [5.74, 6) is 0. The zero-order valence-electron chi connectivity index (χ0n) is 13.0. The molecule has 1 N–H and O–H groups in total. The first kappa shape index (κ1) is 20.1. The van der Waals surface area contributed by atoms with Crippen molar-refractivity contribution < 1.29 is 44.5 Å². The SMILES string of the molecule is CC(C)(C)[N+]1(C(=O)O)CCC[C@@](F)(COS(=O)(=O)C(F)(F)F)C1. The van der Waals surface area contributed by atoms with Crippen LogP contribution in [0.15, 0.2) is 0 Å². The molecular weight excluding hydrogens is 346 g/mol. The number of quaternary nitrogens is 1. The minimum atomic E-state index is -5.92. The highest BCUT2D eigenvalue weighted by atomic mass is 32.2. The Labute approximate surface area is 131 Å². The molecule has 136 valence electrons. The van der Waals surface area contributed by atoms with Crippen LogP contribution in [-0.2, 0) is 14.3 Å². The molecule has 0 aromatic carbocycles. The average molecular weight is 366 g/mol. The fourth-order valence-electron chi connectivity index (χ4n) is 2.70. The summed E-state index contributed by atoms with van der Waals surface area (Å²) in [5.41, 5.74) is -9.06. The lowest BCUT2D eigenvalue weighted by molar-refractivity contribution is -0.913. The maximum Gasteiger partial charge on any atom is 0.523 e. The second-order valence-electron chi connectivity index (χ2n) is 6.72. The van der Waals surface area contributed by atoms with Crippen molar-refractivity contribution in [3.63, 3.8) is 0 Å². The molecule has 0 bridgehead atoms. The smallest absolute Gasteiger partial charge is 0.435 e. The van der Waals surface area contributed by atoms with E-state index >= 15 is 0 Å². The molecule has 0 radical (unpaired) electrons. The van der Waals surface area contributed by atoms with Crippen LogP contribution in [0.2, 0.25) is 0 Å². The van der Waals surface area contributed by atoms with Gasteiger partial charge in [0.1, 0.15) is 18.7 Å². The van der Waals surface area contributed by atoms with Crippen LogP contribution < -0.4 is 0 Å². The molecule has 1 rings (SSSR count). The first-order chi connectivity index (χ1) is 10.1. The summed E-state index contributed by atoms with van der Waals surface area (Å²) in [4.78, 5) is 11.6. The highest BCUT2D eigenvalue weighted by molar-refractivity contribution is 7.87. The van der Waals surface area contributed by atoms with E-state index in [-0.39, 0.29) is 19.4 Å². The van der Waals surface area contributed by atoms with Crippen molar-refractivity contribution in [2.45, 2.75) is 50.3 Å². The van der Waals surface area contributed by atoms with Gasteiger partial charge in [-0.25, -0.2) is 8.87 Å². The molecule has 1 heterocycles. The molecule has 1 fully saturated rings. The fraction of sp³-hybridized carbons (Fsp3) is 0.917. The fourth-order valence-corrected chi connectivity index (χ4v) is 3.20. The molecule has 0 saturated carbocycles. The molecule has 1 amide bonds. The summed E-state index contributed by atoms with van der Waals surface area (Å²) in [7, 11) is -5.92. The molecular formula is C12H20F4NO5S+. The van der Waals surface area contributed by atoms with E-state index in [4.69, 9.17) is 0 Å². The minimum Gasteiger partial charge on any atom is -0.435 e. The molecule has 1 aliphatic heterocycles. The average Bonchev–Trinajstić information content (AvgIpc) is 2.34. The predicted molar refractivity (Wildman–Crippen MR) is 71.8 cm³/mol. The quantitative estimate of drug-likeness (QED) is 0.359. The molecule has 23 heavy (non-hydrogen) atoms. The van der Waals surface area contributed by atoms with E-state index in [1.54, 1.807) is 20.8 Å². The van der Waals surface area contributed by atoms with Crippen molar-refractivity contribution in [2.24, 2.45) is 0 Å². The number of rotatable bonds is 3.